The van der Waals surface area contributed by atoms with Gasteiger partial charge in [-0.25, -0.2) is 0 Å². The number of halogens is 1. The van der Waals surface area contributed by atoms with Gasteiger partial charge in [0.25, 0.3) is 0 Å². The predicted molar refractivity (Wildman–Crippen MR) is 63.6 cm³/mol. The lowest BCUT2D eigenvalue weighted by Gasteiger charge is -2.09. The van der Waals surface area contributed by atoms with Crippen LogP contribution in [0, 0.1) is 6.92 Å². The van der Waals surface area contributed by atoms with Crippen molar-refractivity contribution < 1.29 is 4.42 Å². The van der Waals surface area contributed by atoms with Crippen LogP contribution in [0.2, 0.25) is 0 Å². The van der Waals surface area contributed by atoms with E-state index < -0.39 is 0 Å². The Bertz CT molecular complexity index is 464. The zero-order valence-electron chi connectivity index (χ0n) is 8.41. The van der Waals surface area contributed by atoms with Crippen LogP contribution in [0.5, 0.6) is 0 Å². The molecule has 0 aliphatic heterocycles. The summed E-state index contributed by atoms with van der Waals surface area (Å²) in [5.74, 6) is 1.68. The maximum Gasteiger partial charge on any atom is 0.125 e. The molecule has 2 aromatic rings. The first-order valence-electron chi connectivity index (χ1n) is 4.74. The molecule has 3 heteroatoms. The SMILES string of the molecule is Cc1ccc(C(N)c2cccc(Br)c2)o1. The van der Waals surface area contributed by atoms with Gasteiger partial charge in [-0.15, -0.1) is 0 Å². The molecule has 0 saturated carbocycles. The molecule has 0 spiro atoms. The summed E-state index contributed by atoms with van der Waals surface area (Å²) in [6, 6.07) is 11.6. The van der Waals surface area contributed by atoms with Gasteiger partial charge in [-0.05, 0) is 36.8 Å². The van der Waals surface area contributed by atoms with Crippen molar-refractivity contribution in [2.24, 2.45) is 5.73 Å². The van der Waals surface area contributed by atoms with Gasteiger partial charge in [-0.3, -0.25) is 0 Å². The molecule has 1 aromatic heterocycles. The molecule has 1 aromatic carbocycles. The normalized spacial score (nSPS) is 12.7. The van der Waals surface area contributed by atoms with E-state index in [4.69, 9.17) is 10.2 Å². The molecule has 0 aliphatic rings. The van der Waals surface area contributed by atoms with Crippen LogP contribution >= 0.6 is 15.9 Å². The highest BCUT2D eigenvalue weighted by atomic mass is 79.9. The van der Waals surface area contributed by atoms with Crippen molar-refractivity contribution in [3.05, 3.63) is 58.0 Å². The van der Waals surface area contributed by atoms with Gasteiger partial charge < -0.3 is 10.2 Å². The minimum absolute atomic E-state index is 0.198. The highest BCUT2D eigenvalue weighted by molar-refractivity contribution is 9.10. The largest absolute Gasteiger partial charge is 0.464 e. The van der Waals surface area contributed by atoms with Crippen LogP contribution in [0.3, 0.4) is 0 Å². The lowest BCUT2D eigenvalue weighted by Crippen LogP contribution is -2.10. The van der Waals surface area contributed by atoms with Crippen LogP contribution in [0.15, 0.2) is 45.3 Å². The Kier molecular flexibility index (Phi) is 2.93. The van der Waals surface area contributed by atoms with Crippen LogP contribution in [0.4, 0.5) is 0 Å². The third-order valence-corrected chi connectivity index (χ3v) is 2.77. The van der Waals surface area contributed by atoms with E-state index in [1.807, 2.05) is 43.3 Å². The van der Waals surface area contributed by atoms with E-state index >= 15 is 0 Å². The number of rotatable bonds is 2. The Morgan fingerprint density at radius 1 is 1.27 bits per heavy atom. The fraction of sp³-hybridized carbons (Fsp3) is 0.167. The third-order valence-electron chi connectivity index (χ3n) is 2.28. The average molecular weight is 266 g/mol. The monoisotopic (exact) mass is 265 g/mol. The predicted octanol–water partition coefficient (Wildman–Crippen LogP) is 3.40. The third kappa shape index (κ3) is 2.30. The maximum atomic E-state index is 6.08. The summed E-state index contributed by atoms with van der Waals surface area (Å²) >= 11 is 3.42. The number of aryl methyl sites for hydroxylation is 1. The summed E-state index contributed by atoms with van der Waals surface area (Å²) in [5.41, 5.74) is 7.12. The van der Waals surface area contributed by atoms with Crippen molar-refractivity contribution in [2.45, 2.75) is 13.0 Å². The molecule has 1 heterocycles. The second-order valence-electron chi connectivity index (χ2n) is 3.48. The van der Waals surface area contributed by atoms with Crippen LogP contribution in [-0.4, -0.2) is 0 Å². The molecule has 0 bridgehead atoms. The summed E-state index contributed by atoms with van der Waals surface area (Å²) in [6.07, 6.45) is 0. The van der Waals surface area contributed by atoms with Crippen LogP contribution in [0.25, 0.3) is 0 Å². The highest BCUT2D eigenvalue weighted by Gasteiger charge is 2.12. The van der Waals surface area contributed by atoms with Gasteiger partial charge >= 0.3 is 0 Å². The Hall–Kier alpha value is -1.06. The van der Waals surface area contributed by atoms with E-state index in [1.54, 1.807) is 0 Å². The lowest BCUT2D eigenvalue weighted by atomic mass is 10.1. The first kappa shape index (κ1) is 10.5. The van der Waals surface area contributed by atoms with Crippen molar-refractivity contribution in [3.8, 4) is 0 Å². The van der Waals surface area contributed by atoms with Crippen LogP contribution in [0.1, 0.15) is 23.1 Å². The molecule has 1 atom stereocenters. The van der Waals surface area contributed by atoms with E-state index in [-0.39, 0.29) is 6.04 Å². The van der Waals surface area contributed by atoms with Crippen molar-refractivity contribution >= 4 is 15.9 Å². The molecule has 0 fully saturated rings. The smallest absolute Gasteiger partial charge is 0.125 e. The van der Waals surface area contributed by atoms with E-state index in [9.17, 15) is 0 Å². The Morgan fingerprint density at radius 3 is 2.67 bits per heavy atom. The Balaban J connectivity index is 2.32. The molecule has 0 radical (unpaired) electrons. The molecular formula is C12H12BrNO. The van der Waals surface area contributed by atoms with Crippen LogP contribution < -0.4 is 5.73 Å². The van der Waals surface area contributed by atoms with Gasteiger partial charge in [-0.2, -0.15) is 0 Å². The van der Waals surface area contributed by atoms with E-state index in [0.29, 0.717) is 0 Å². The fourth-order valence-corrected chi connectivity index (χ4v) is 1.90. The first-order chi connectivity index (χ1) is 7.16. The average Bonchev–Trinajstić information content (AvgIpc) is 2.64. The maximum absolute atomic E-state index is 6.08. The second kappa shape index (κ2) is 4.21. The topological polar surface area (TPSA) is 39.2 Å². The van der Waals surface area contributed by atoms with Gasteiger partial charge in [0.05, 0.1) is 6.04 Å². The van der Waals surface area contributed by atoms with E-state index in [1.165, 1.54) is 0 Å². The van der Waals surface area contributed by atoms with Gasteiger partial charge in [-0.1, -0.05) is 28.1 Å². The molecule has 2 N–H and O–H groups in total. The zero-order chi connectivity index (χ0) is 10.8. The zero-order valence-corrected chi connectivity index (χ0v) is 9.99. The van der Waals surface area contributed by atoms with Gasteiger partial charge in [0.1, 0.15) is 11.5 Å². The van der Waals surface area contributed by atoms with Crippen molar-refractivity contribution in [2.75, 3.05) is 0 Å². The fourth-order valence-electron chi connectivity index (χ4n) is 1.48. The molecule has 78 valence electrons. The van der Waals surface area contributed by atoms with Crippen molar-refractivity contribution in [1.29, 1.82) is 0 Å². The standard InChI is InChI=1S/C12H12BrNO/c1-8-5-6-11(15-8)12(14)9-3-2-4-10(13)7-9/h2-7,12H,14H2,1H3. The number of hydrogen-bond donors (Lipinski definition) is 1. The minimum Gasteiger partial charge on any atom is -0.464 e. The molecule has 0 saturated heterocycles. The highest BCUT2D eigenvalue weighted by Crippen LogP contribution is 2.23. The summed E-state index contributed by atoms with van der Waals surface area (Å²) < 4.78 is 6.53. The Labute approximate surface area is 97.2 Å². The summed E-state index contributed by atoms with van der Waals surface area (Å²) in [7, 11) is 0. The molecular weight excluding hydrogens is 254 g/mol. The molecule has 2 rings (SSSR count). The number of benzene rings is 1. The summed E-state index contributed by atoms with van der Waals surface area (Å²) in [6.45, 7) is 1.91. The molecule has 15 heavy (non-hydrogen) atoms. The number of furan rings is 1. The van der Waals surface area contributed by atoms with Crippen molar-refractivity contribution in [3.63, 3.8) is 0 Å². The van der Waals surface area contributed by atoms with Crippen LogP contribution in [-0.2, 0) is 0 Å². The van der Waals surface area contributed by atoms with Crippen molar-refractivity contribution in [1.82, 2.24) is 0 Å². The van der Waals surface area contributed by atoms with Gasteiger partial charge in [0.2, 0.25) is 0 Å². The molecule has 0 amide bonds. The number of hydrogen-bond acceptors (Lipinski definition) is 2. The second-order valence-corrected chi connectivity index (χ2v) is 4.40. The number of nitrogens with two attached hydrogens (primary N) is 1. The van der Waals surface area contributed by atoms with Gasteiger partial charge in [0.15, 0.2) is 0 Å². The molecule has 1 unspecified atom stereocenters. The Morgan fingerprint density at radius 2 is 2.07 bits per heavy atom. The summed E-state index contributed by atoms with van der Waals surface area (Å²) in [5, 5.41) is 0. The molecule has 0 aliphatic carbocycles. The quantitative estimate of drug-likeness (QED) is 0.904. The van der Waals surface area contributed by atoms with Gasteiger partial charge in [0, 0.05) is 4.47 Å². The summed E-state index contributed by atoms with van der Waals surface area (Å²) in [4.78, 5) is 0. The minimum atomic E-state index is -0.198. The molecule has 2 nitrogen and oxygen atoms in total. The van der Waals surface area contributed by atoms with E-state index in [2.05, 4.69) is 15.9 Å². The van der Waals surface area contributed by atoms with E-state index in [0.717, 1.165) is 21.6 Å². The lowest BCUT2D eigenvalue weighted by molar-refractivity contribution is 0.466. The first-order valence-corrected chi connectivity index (χ1v) is 5.53.